The fraction of sp³-hybridized carbons (Fsp3) is 0.583. The van der Waals surface area contributed by atoms with Crippen molar-refractivity contribution < 1.29 is 14.6 Å². The van der Waals surface area contributed by atoms with Gasteiger partial charge in [-0.2, -0.15) is 11.3 Å². The normalized spacial score (nSPS) is 20.4. The van der Waals surface area contributed by atoms with E-state index < -0.39 is 6.10 Å². The van der Waals surface area contributed by atoms with Crippen molar-refractivity contribution in [2.24, 2.45) is 0 Å². The van der Waals surface area contributed by atoms with E-state index in [0.29, 0.717) is 19.6 Å². The lowest BCUT2D eigenvalue weighted by Gasteiger charge is -2.23. The zero-order chi connectivity index (χ0) is 12.8. The molecule has 1 aromatic rings. The summed E-state index contributed by atoms with van der Waals surface area (Å²) in [5, 5.41) is 19.5. The van der Waals surface area contributed by atoms with E-state index in [-0.39, 0.29) is 31.0 Å². The minimum absolute atomic E-state index is 0. The zero-order valence-corrected chi connectivity index (χ0v) is 12.1. The van der Waals surface area contributed by atoms with E-state index in [9.17, 15) is 9.90 Å². The molecule has 2 heterocycles. The predicted octanol–water partition coefficient (Wildman–Crippen LogP) is 0.698. The summed E-state index contributed by atoms with van der Waals surface area (Å²) >= 11 is 1.53. The van der Waals surface area contributed by atoms with Gasteiger partial charge in [0.1, 0.15) is 0 Å². The molecule has 2 rings (SSSR count). The number of halogens is 1. The summed E-state index contributed by atoms with van der Waals surface area (Å²) < 4.78 is 5.44. The Morgan fingerprint density at radius 3 is 3.16 bits per heavy atom. The number of carbonyl (C=O) groups excluding carboxylic acids is 1. The monoisotopic (exact) mass is 306 g/mol. The van der Waals surface area contributed by atoms with E-state index in [0.717, 1.165) is 12.1 Å². The summed E-state index contributed by atoms with van der Waals surface area (Å²) in [7, 11) is 0. The Morgan fingerprint density at radius 1 is 1.68 bits per heavy atom. The molecular weight excluding hydrogens is 288 g/mol. The van der Waals surface area contributed by atoms with Crippen LogP contribution in [0.4, 0.5) is 0 Å². The number of ether oxygens (including phenoxy) is 1. The summed E-state index contributed by atoms with van der Waals surface area (Å²) in [5.41, 5.74) is 0.843. The third-order valence-corrected chi connectivity index (χ3v) is 3.54. The van der Waals surface area contributed by atoms with Gasteiger partial charge in [-0.3, -0.25) is 4.79 Å². The molecule has 7 heteroatoms. The molecule has 3 N–H and O–H groups in total. The molecule has 0 radical (unpaired) electrons. The maximum atomic E-state index is 11.7. The first kappa shape index (κ1) is 16.4. The number of morpholine rings is 1. The van der Waals surface area contributed by atoms with Crippen LogP contribution < -0.4 is 10.6 Å². The molecule has 0 saturated carbocycles. The van der Waals surface area contributed by atoms with Crippen molar-refractivity contribution in [2.75, 3.05) is 26.2 Å². The number of aliphatic hydroxyl groups excluding tert-OH is 1. The van der Waals surface area contributed by atoms with Crippen LogP contribution in [0.3, 0.4) is 0 Å². The highest BCUT2D eigenvalue weighted by atomic mass is 35.5. The molecule has 1 aliphatic heterocycles. The van der Waals surface area contributed by atoms with E-state index in [1.807, 2.05) is 16.8 Å². The fourth-order valence-corrected chi connectivity index (χ4v) is 2.53. The molecule has 0 aromatic carbocycles. The second kappa shape index (κ2) is 8.50. The highest BCUT2D eigenvalue weighted by Gasteiger charge is 2.18. The van der Waals surface area contributed by atoms with Crippen molar-refractivity contribution in [3.05, 3.63) is 22.4 Å². The molecule has 1 saturated heterocycles. The van der Waals surface area contributed by atoms with Crippen LogP contribution in [0, 0.1) is 0 Å². The Bertz CT molecular complexity index is 369. The summed E-state index contributed by atoms with van der Waals surface area (Å²) in [4.78, 5) is 11.7. The Hall–Kier alpha value is -0.660. The van der Waals surface area contributed by atoms with Gasteiger partial charge in [0.2, 0.25) is 5.91 Å². The van der Waals surface area contributed by atoms with Gasteiger partial charge in [-0.25, -0.2) is 0 Å². The molecule has 0 spiro atoms. The van der Waals surface area contributed by atoms with Crippen molar-refractivity contribution >= 4 is 29.7 Å². The van der Waals surface area contributed by atoms with Gasteiger partial charge in [-0.15, -0.1) is 12.4 Å². The first-order valence-electron chi connectivity index (χ1n) is 6.05. The summed E-state index contributed by atoms with van der Waals surface area (Å²) in [6.45, 7) is 2.45. The number of nitrogens with one attached hydrogen (secondary N) is 2. The lowest BCUT2D eigenvalue weighted by atomic mass is 10.2. The van der Waals surface area contributed by atoms with Crippen LogP contribution in [0.5, 0.6) is 0 Å². The molecule has 1 aromatic heterocycles. The molecule has 1 fully saturated rings. The van der Waals surface area contributed by atoms with Crippen LogP contribution in [0.25, 0.3) is 0 Å². The third kappa shape index (κ3) is 5.46. The topological polar surface area (TPSA) is 70.6 Å². The maximum absolute atomic E-state index is 11.7. The number of amides is 1. The minimum atomic E-state index is -0.634. The van der Waals surface area contributed by atoms with Crippen molar-refractivity contribution in [1.82, 2.24) is 10.6 Å². The minimum Gasteiger partial charge on any atom is -0.387 e. The average molecular weight is 307 g/mol. The molecule has 0 bridgehead atoms. The molecule has 1 aliphatic rings. The first-order valence-corrected chi connectivity index (χ1v) is 6.99. The molecule has 19 heavy (non-hydrogen) atoms. The van der Waals surface area contributed by atoms with Crippen LogP contribution in [0.2, 0.25) is 0 Å². The largest absolute Gasteiger partial charge is 0.387 e. The van der Waals surface area contributed by atoms with Crippen LogP contribution in [-0.4, -0.2) is 43.4 Å². The first-order chi connectivity index (χ1) is 8.75. The lowest BCUT2D eigenvalue weighted by Crippen LogP contribution is -2.41. The Morgan fingerprint density at radius 2 is 2.53 bits per heavy atom. The number of aliphatic hydroxyl groups is 1. The molecule has 108 valence electrons. The Kier molecular flexibility index (Phi) is 7.33. The fourth-order valence-electron chi connectivity index (χ4n) is 1.82. The smallest absolute Gasteiger partial charge is 0.222 e. The second-order valence-corrected chi connectivity index (χ2v) is 5.06. The third-order valence-electron chi connectivity index (χ3n) is 2.84. The Balaban J connectivity index is 0.00000180. The van der Waals surface area contributed by atoms with E-state index in [1.165, 1.54) is 11.3 Å². The number of hydrogen-bond acceptors (Lipinski definition) is 5. The van der Waals surface area contributed by atoms with Gasteiger partial charge in [0, 0.05) is 19.6 Å². The van der Waals surface area contributed by atoms with Gasteiger partial charge in [0.25, 0.3) is 0 Å². The summed E-state index contributed by atoms with van der Waals surface area (Å²) in [6, 6.07) is 1.86. The number of hydrogen-bond donors (Lipinski definition) is 3. The van der Waals surface area contributed by atoms with Crippen molar-refractivity contribution in [2.45, 2.75) is 18.6 Å². The highest BCUT2D eigenvalue weighted by molar-refractivity contribution is 7.07. The number of carbonyl (C=O) groups is 1. The standard InChI is InChI=1S/C12H18N2O3S.ClH/c15-11(9-1-4-18-8-9)7-14-12(16)5-10-6-13-2-3-17-10;/h1,4,8,10-11,13,15H,2-3,5-7H2,(H,14,16);1H. The molecule has 2 unspecified atom stereocenters. The molecule has 1 amide bonds. The van der Waals surface area contributed by atoms with Gasteiger partial charge in [0.15, 0.2) is 0 Å². The second-order valence-electron chi connectivity index (χ2n) is 4.28. The molecule has 2 atom stereocenters. The van der Waals surface area contributed by atoms with Gasteiger partial charge in [-0.1, -0.05) is 0 Å². The van der Waals surface area contributed by atoms with Crippen LogP contribution >= 0.6 is 23.7 Å². The molecule has 5 nitrogen and oxygen atoms in total. The van der Waals surface area contributed by atoms with E-state index >= 15 is 0 Å². The average Bonchev–Trinajstić information content (AvgIpc) is 2.91. The van der Waals surface area contributed by atoms with Crippen molar-refractivity contribution in [1.29, 1.82) is 0 Å². The zero-order valence-electron chi connectivity index (χ0n) is 10.5. The van der Waals surface area contributed by atoms with E-state index in [4.69, 9.17) is 4.74 Å². The highest BCUT2D eigenvalue weighted by Crippen LogP contribution is 2.15. The summed E-state index contributed by atoms with van der Waals surface area (Å²) in [5.74, 6) is -0.0852. The van der Waals surface area contributed by atoms with Crippen LogP contribution in [0.15, 0.2) is 16.8 Å². The van der Waals surface area contributed by atoms with Gasteiger partial charge in [0.05, 0.1) is 25.2 Å². The van der Waals surface area contributed by atoms with Gasteiger partial charge < -0.3 is 20.5 Å². The maximum Gasteiger partial charge on any atom is 0.222 e. The SMILES string of the molecule is Cl.O=C(CC1CNCCO1)NCC(O)c1ccsc1. The Labute approximate surface area is 122 Å². The number of thiophene rings is 1. The predicted molar refractivity (Wildman–Crippen MR) is 76.8 cm³/mol. The van der Waals surface area contributed by atoms with Gasteiger partial charge >= 0.3 is 0 Å². The summed E-state index contributed by atoms with van der Waals surface area (Å²) in [6.07, 6.45) is -0.355. The van der Waals surface area contributed by atoms with Gasteiger partial charge in [-0.05, 0) is 22.4 Å². The van der Waals surface area contributed by atoms with E-state index in [2.05, 4.69) is 10.6 Å². The molecule has 0 aliphatic carbocycles. The quantitative estimate of drug-likeness (QED) is 0.749. The lowest BCUT2D eigenvalue weighted by molar-refractivity contribution is -0.124. The van der Waals surface area contributed by atoms with E-state index in [1.54, 1.807) is 0 Å². The molecular formula is C12H19ClN2O3S. The van der Waals surface area contributed by atoms with Crippen LogP contribution in [0.1, 0.15) is 18.1 Å². The van der Waals surface area contributed by atoms with Crippen molar-refractivity contribution in [3.8, 4) is 0 Å². The van der Waals surface area contributed by atoms with Crippen LogP contribution in [-0.2, 0) is 9.53 Å². The van der Waals surface area contributed by atoms with Crippen molar-refractivity contribution in [3.63, 3.8) is 0 Å². The number of rotatable bonds is 5.